The Labute approximate surface area is 72.1 Å². The van der Waals surface area contributed by atoms with E-state index in [1.807, 2.05) is 0 Å². The molecule has 0 spiro atoms. The van der Waals surface area contributed by atoms with Gasteiger partial charge >= 0.3 is 0 Å². The molecule has 70 valence electrons. The SMILES string of the molecule is C[C@H](N)C(=O)NCC1(O)CCC1. The van der Waals surface area contributed by atoms with Gasteiger partial charge in [-0.25, -0.2) is 0 Å². The standard InChI is InChI=1S/C8H16N2O2/c1-6(9)7(11)10-5-8(12)3-2-4-8/h6,12H,2-5,9H2,1H3,(H,10,11)/t6-/m0/s1. The molecule has 0 radical (unpaired) electrons. The van der Waals surface area contributed by atoms with Gasteiger partial charge in [0.25, 0.3) is 0 Å². The van der Waals surface area contributed by atoms with E-state index in [0.717, 1.165) is 19.3 Å². The fraction of sp³-hybridized carbons (Fsp3) is 0.875. The Balaban J connectivity index is 2.21. The predicted octanol–water partition coefficient (Wildman–Crippen LogP) is -0.635. The van der Waals surface area contributed by atoms with Crippen LogP contribution in [0.25, 0.3) is 0 Å². The predicted molar refractivity (Wildman–Crippen MR) is 45.5 cm³/mol. The van der Waals surface area contributed by atoms with Gasteiger partial charge in [-0.3, -0.25) is 4.79 Å². The highest BCUT2D eigenvalue weighted by Gasteiger charge is 2.34. The van der Waals surface area contributed by atoms with Crippen molar-refractivity contribution in [2.45, 2.75) is 37.8 Å². The molecule has 12 heavy (non-hydrogen) atoms. The van der Waals surface area contributed by atoms with Crippen LogP contribution in [-0.4, -0.2) is 29.2 Å². The Bertz CT molecular complexity index is 176. The first-order chi connectivity index (χ1) is 5.53. The molecule has 0 aromatic heterocycles. The molecular formula is C8H16N2O2. The molecule has 1 atom stereocenters. The quantitative estimate of drug-likeness (QED) is 0.530. The van der Waals surface area contributed by atoms with E-state index < -0.39 is 11.6 Å². The molecule has 0 bridgehead atoms. The number of nitrogens with one attached hydrogen (secondary N) is 1. The summed E-state index contributed by atoms with van der Waals surface area (Å²) in [5.41, 5.74) is 4.68. The van der Waals surface area contributed by atoms with Crippen LogP contribution in [0.4, 0.5) is 0 Å². The number of nitrogens with two attached hydrogens (primary N) is 1. The highest BCUT2D eigenvalue weighted by molar-refractivity contribution is 5.81. The minimum Gasteiger partial charge on any atom is -0.388 e. The van der Waals surface area contributed by atoms with Crippen LogP contribution in [0.5, 0.6) is 0 Å². The number of carbonyl (C=O) groups excluding carboxylic acids is 1. The van der Waals surface area contributed by atoms with E-state index in [9.17, 15) is 9.90 Å². The Hall–Kier alpha value is -0.610. The van der Waals surface area contributed by atoms with E-state index >= 15 is 0 Å². The van der Waals surface area contributed by atoms with E-state index in [1.54, 1.807) is 6.92 Å². The second-order valence-electron chi connectivity index (χ2n) is 3.58. The normalized spacial score (nSPS) is 22.6. The summed E-state index contributed by atoms with van der Waals surface area (Å²) in [6.07, 6.45) is 2.61. The summed E-state index contributed by atoms with van der Waals surface area (Å²) in [6.45, 7) is 1.97. The Morgan fingerprint density at radius 2 is 2.33 bits per heavy atom. The highest BCUT2D eigenvalue weighted by Crippen LogP contribution is 2.30. The van der Waals surface area contributed by atoms with Gasteiger partial charge < -0.3 is 16.2 Å². The minimum absolute atomic E-state index is 0.199. The van der Waals surface area contributed by atoms with E-state index in [4.69, 9.17) is 5.73 Å². The molecular weight excluding hydrogens is 156 g/mol. The van der Waals surface area contributed by atoms with Gasteiger partial charge in [0.15, 0.2) is 0 Å². The maximum Gasteiger partial charge on any atom is 0.236 e. The Morgan fingerprint density at radius 1 is 1.75 bits per heavy atom. The molecule has 1 rings (SSSR count). The van der Waals surface area contributed by atoms with E-state index in [1.165, 1.54) is 0 Å². The summed E-state index contributed by atoms with van der Waals surface area (Å²) in [7, 11) is 0. The lowest BCUT2D eigenvalue weighted by molar-refractivity contribution is -0.124. The van der Waals surface area contributed by atoms with Crippen molar-refractivity contribution >= 4 is 5.91 Å². The number of carbonyl (C=O) groups is 1. The maximum atomic E-state index is 11.0. The van der Waals surface area contributed by atoms with E-state index in [0.29, 0.717) is 6.54 Å². The third kappa shape index (κ3) is 2.19. The molecule has 1 aliphatic rings. The molecule has 4 heteroatoms. The second-order valence-corrected chi connectivity index (χ2v) is 3.58. The summed E-state index contributed by atoms with van der Waals surface area (Å²) in [6, 6.07) is -0.492. The first kappa shape index (κ1) is 9.48. The van der Waals surface area contributed by atoms with Gasteiger partial charge in [-0.2, -0.15) is 0 Å². The smallest absolute Gasteiger partial charge is 0.236 e. The van der Waals surface area contributed by atoms with Crippen molar-refractivity contribution in [3.63, 3.8) is 0 Å². The fourth-order valence-electron chi connectivity index (χ4n) is 1.17. The van der Waals surface area contributed by atoms with Gasteiger partial charge in [0, 0.05) is 6.54 Å². The van der Waals surface area contributed by atoms with Crippen molar-refractivity contribution in [2.24, 2.45) is 5.73 Å². The molecule has 0 aromatic carbocycles. The zero-order chi connectivity index (χ0) is 9.19. The highest BCUT2D eigenvalue weighted by atomic mass is 16.3. The third-order valence-electron chi connectivity index (χ3n) is 2.29. The fourth-order valence-corrected chi connectivity index (χ4v) is 1.17. The van der Waals surface area contributed by atoms with E-state index in [2.05, 4.69) is 5.32 Å². The first-order valence-electron chi connectivity index (χ1n) is 4.29. The van der Waals surface area contributed by atoms with Crippen molar-refractivity contribution in [2.75, 3.05) is 6.54 Å². The van der Waals surface area contributed by atoms with Gasteiger partial charge in [0.1, 0.15) is 0 Å². The second kappa shape index (κ2) is 3.41. The van der Waals surface area contributed by atoms with Crippen molar-refractivity contribution < 1.29 is 9.90 Å². The zero-order valence-electron chi connectivity index (χ0n) is 7.34. The lowest BCUT2D eigenvalue weighted by atomic mass is 9.80. The number of hydrogen-bond donors (Lipinski definition) is 3. The van der Waals surface area contributed by atoms with Crippen molar-refractivity contribution in [1.82, 2.24) is 5.32 Å². The first-order valence-corrected chi connectivity index (χ1v) is 4.29. The molecule has 1 aliphatic carbocycles. The van der Waals surface area contributed by atoms with Crippen molar-refractivity contribution in [3.05, 3.63) is 0 Å². The van der Waals surface area contributed by atoms with Gasteiger partial charge in [0.05, 0.1) is 11.6 Å². The summed E-state index contributed by atoms with van der Waals surface area (Å²) >= 11 is 0. The number of aliphatic hydroxyl groups is 1. The van der Waals surface area contributed by atoms with Gasteiger partial charge in [-0.15, -0.1) is 0 Å². The summed E-state index contributed by atoms with van der Waals surface area (Å²) in [4.78, 5) is 11.0. The molecule has 1 saturated carbocycles. The topological polar surface area (TPSA) is 75.4 Å². The average Bonchev–Trinajstić information content (AvgIpc) is 1.96. The summed E-state index contributed by atoms with van der Waals surface area (Å²) in [5, 5.41) is 12.2. The Morgan fingerprint density at radius 3 is 2.67 bits per heavy atom. The molecule has 0 aliphatic heterocycles. The molecule has 1 fully saturated rings. The van der Waals surface area contributed by atoms with Crippen molar-refractivity contribution in [3.8, 4) is 0 Å². The Kier molecular flexibility index (Phi) is 2.69. The van der Waals surface area contributed by atoms with Crippen LogP contribution in [0.3, 0.4) is 0 Å². The molecule has 4 N–H and O–H groups in total. The molecule has 4 nitrogen and oxygen atoms in total. The zero-order valence-corrected chi connectivity index (χ0v) is 7.34. The van der Waals surface area contributed by atoms with Gasteiger partial charge in [0.2, 0.25) is 5.91 Å². The lowest BCUT2D eigenvalue weighted by Gasteiger charge is -2.36. The molecule has 1 amide bonds. The van der Waals surface area contributed by atoms with Crippen LogP contribution in [0.15, 0.2) is 0 Å². The largest absolute Gasteiger partial charge is 0.388 e. The number of rotatable bonds is 3. The van der Waals surface area contributed by atoms with Crippen molar-refractivity contribution in [1.29, 1.82) is 0 Å². The van der Waals surface area contributed by atoms with Crippen LogP contribution in [0, 0.1) is 0 Å². The summed E-state index contributed by atoms with van der Waals surface area (Å²) in [5.74, 6) is -0.199. The minimum atomic E-state index is -0.648. The van der Waals surface area contributed by atoms with Crippen LogP contribution in [0.1, 0.15) is 26.2 Å². The van der Waals surface area contributed by atoms with Crippen LogP contribution < -0.4 is 11.1 Å². The molecule has 0 saturated heterocycles. The summed E-state index contributed by atoms with van der Waals surface area (Å²) < 4.78 is 0. The maximum absolute atomic E-state index is 11.0. The number of hydrogen-bond acceptors (Lipinski definition) is 3. The number of amides is 1. The monoisotopic (exact) mass is 172 g/mol. The van der Waals surface area contributed by atoms with Gasteiger partial charge in [-0.05, 0) is 26.2 Å². The van der Waals surface area contributed by atoms with Crippen LogP contribution in [-0.2, 0) is 4.79 Å². The third-order valence-corrected chi connectivity index (χ3v) is 2.29. The molecule has 0 heterocycles. The van der Waals surface area contributed by atoms with Gasteiger partial charge in [-0.1, -0.05) is 0 Å². The van der Waals surface area contributed by atoms with Crippen LogP contribution in [0.2, 0.25) is 0 Å². The average molecular weight is 172 g/mol. The lowest BCUT2D eigenvalue weighted by Crippen LogP contribution is -2.50. The van der Waals surface area contributed by atoms with Crippen LogP contribution >= 0.6 is 0 Å². The molecule has 0 aromatic rings. The molecule has 0 unspecified atom stereocenters. The van der Waals surface area contributed by atoms with E-state index in [-0.39, 0.29) is 5.91 Å².